The second-order valence-corrected chi connectivity index (χ2v) is 8.00. The summed E-state index contributed by atoms with van der Waals surface area (Å²) in [6.07, 6.45) is 1.67. The molecule has 4 atom stereocenters. The van der Waals surface area contributed by atoms with Crippen LogP contribution >= 0.6 is 12.6 Å². The van der Waals surface area contributed by atoms with E-state index in [9.17, 15) is 24.3 Å². The Kier molecular flexibility index (Phi) is 12.3. The molecule has 0 aromatic heterocycles. The molecule has 1 rings (SSSR count). The Morgan fingerprint density at radius 1 is 0.970 bits per heavy atom. The first kappa shape index (κ1) is 28.2. The molecule has 12 heteroatoms. The van der Waals surface area contributed by atoms with Crippen molar-refractivity contribution < 1.29 is 29.4 Å². The van der Waals surface area contributed by atoms with Gasteiger partial charge in [-0.1, -0.05) is 12.1 Å². The van der Waals surface area contributed by atoms with Gasteiger partial charge in [0, 0.05) is 5.75 Å². The smallest absolute Gasteiger partial charge is 0.327 e. The van der Waals surface area contributed by atoms with Gasteiger partial charge in [0.1, 0.15) is 23.9 Å². The second-order valence-electron chi connectivity index (χ2n) is 7.63. The van der Waals surface area contributed by atoms with Gasteiger partial charge in [-0.3, -0.25) is 14.4 Å². The van der Waals surface area contributed by atoms with Gasteiger partial charge in [0.05, 0.1) is 6.04 Å². The van der Waals surface area contributed by atoms with Crippen molar-refractivity contribution in [2.24, 2.45) is 11.5 Å². The van der Waals surface area contributed by atoms with Crippen LogP contribution in [0.4, 0.5) is 0 Å². The van der Waals surface area contributed by atoms with Crippen molar-refractivity contribution in [1.82, 2.24) is 16.0 Å². The number of carboxylic acid groups (broad SMARTS) is 1. The Bertz CT molecular complexity index is 807. The van der Waals surface area contributed by atoms with Gasteiger partial charge in [0.25, 0.3) is 0 Å². The van der Waals surface area contributed by atoms with Crippen LogP contribution in [-0.2, 0) is 25.6 Å². The largest absolute Gasteiger partial charge is 0.508 e. The Morgan fingerprint density at radius 2 is 1.58 bits per heavy atom. The van der Waals surface area contributed by atoms with Gasteiger partial charge in [0.2, 0.25) is 17.7 Å². The number of carboxylic acids is 1. The number of rotatable bonds is 14. The van der Waals surface area contributed by atoms with Crippen LogP contribution in [-0.4, -0.2) is 70.4 Å². The van der Waals surface area contributed by atoms with Gasteiger partial charge >= 0.3 is 5.97 Å². The zero-order valence-corrected chi connectivity index (χ0v) is 19.4. The number of nitrogens with one attached hydrogen (secondary N) is 3. The van der Waals surface area contributed by atoms with E-state index >= 15 is 0 Å². The molecule has 11 nitrogen and oxygen atoms in total. The van der Waals surface area contributed by atoms with Gasteiger partial charge < -0.3 is 37.6 Å². The summed E-state index contributed by atoms with van der Waals surface area (Å²) >= 11 is 3.88. The van der Waals surface area contributed by atoms with Gasteiger partial charge in [-0.05, 0) is 56.8 Å². The predicted molar refractivity (Wildman–Crippen MR) is 126 cm³/mol. The van der Waals surface area contributed by atoms with Crippen LogP contribution in [0.1, 0.15) is 31.7 Å². The number of nitrogens with two attached hydrogens (primary N) is 2. The molecule has 184 valence electrons. The third kappa shape index (κ3) is 10.1. The number of benzene rings is 1. The molecular formula is C21H33N5O6S. The third-order valence-electron chi connectivity index (χ3n) is 4.86. The van der Waals surface area contributed by atoms with E-state index in [2.05, 4.69) is 28.6 Å². The van der Waals surface area contributed by atoms with Crippen molar-refractivity contribution in [1.29, 1.82) is 0 Å². The zero-order chi connectivity index (χ0) is 25.0. The zero-order valence-electron chi connectivity index (χ0n) is 18.5. The van der Waals surface area contributed by atoms with E-state index in [1.165, 1.54) is 19.1 Å². The molecule has 0 radical (unpaired) electrons. The van der Waals surface area contributed by atoms with Crippen molar-refractivity contribution >= 4 is 36.3 Å². The number of hydrogen-bond acceptors (Lipinski definition) is 8. The van der Waals surface area contributed by atoms with Crippen LogP contribution in [0, 0.1) is 0 Å². The fourth-order valence-corrected chi connectivity index (χ4v) is 3.13. The molecule has 0 saturated carbocycles. The number of hydrogen-bond donors (Lipinski definition) is 8. The van der Waals surface area contributed by atoms with E-state index in [4.69, 9.17) is 16.6 Å². The van der Waals surface area contributed by atoms with Gasteiger partial charge in [-0.15, -0.1) is 0 Å². The predicted octanol–water partition coefficient (Wildman–Crippen LogP) is -1.12. The number of aliphatic carboxylic acids is 1. The lowest BCUT2D eigenvalue weighted by atomic mass is 10.0. The normalized spacial score (nSPS) is 14.4. The summed E-state index contributed by atoms with van der Waals surface area (Å²) in [6.45, 7) is 1.82. The fourth-order valence-electron chi connectivity index (χ4n) is 2.88. The highest BCUT2D eigenvalue weighted by Gasteiger charge is 2.27. The van der Waals surface area contributed by atoms with Crippen molar-refractivity contribution in [3.05, 3.63) is 29.8 Å². The van der Waals surface area contributed by atoms with Crippen molar-refractivity contribution in [2.75, 3.05) is 12.3 Å². The monoisotopic (exact) mass is 483 g/mol. The molecule has 9 N–H and O–H groups in total. The van der Waals surface area contributed by atoms with Crippen LogP contribution in [0.5, 0.6) is 5.75 Å². The summed E-state index contributed by atoms with van der Waals surface area (Å²) in [4.78, 5) is 48.6. The number of thiol groups is 1. The fraction of sp³-hybridized carbons (Fsp3) is 0.524. The lowest BCUT2D eigenvalue weighted by Gasteiger charge is -2.23. The lowest BCUT2D eigenvalue weighted by molar-refractivity contribution is -0.141. The van der Waals surface area contributed by atoms with E-state index < -0.39 is 47.9 Å². The Morgan fingerprint density at radius 3 is 2.12 bits per heavy atom. The van der Waals surface area contributed by atoms with Gasteiger partial charge in [-0.25, -0.2) is 4.79 Å². The molecule has 0 bridgehead atoms. The number of phenolic OH excluding ortho intramolecular Hbond substituents is 1. The highest BCUT2D eigenvalue weighted by atomic mass is 32.1. The van der Waals surface area contributed by atoms with Crippen LogP contribution < -0.4 is 27.4 Å². The third-order valence-corrected chi connectivity index (χ3v) is 5.22. The number of carbonyl (C=O) groups is 4. The maximum absolute atomic E-state index is 12.8. The molecule has 0 fully saturated rings. The molecule has 3 amide bonds. The summed E-state index contributed by atoms with van der Waals surface area (Å²) in [5.41, 5.74) is 12.2. The van der Waals surface area contributed by atoms with E-state index in [-0.39, 0.29) is 24.3 Å². The lowest BCUT2D eigenvalue weighted by Crippen LogP contribution is -2.56. The molecular weight excluding hydrogens is 450 g/mol. The summed E-state index contributed by atoms with van der Waals surface area (Å²) in [6, 6.07) is 2.12. The summed E-state index contributed by atoms with van der Waals surface area (Å²) in [5, 5.41) is 25.8. The first-order valence-electron chi connectivity index (χ1n) is 10.6. The molecule has 0 heterocycles. The minimum atomic E-state index is -1.24. The van der Waals surface area contributed by atoms with Gasteiger partial charge in [-0.2, -0.15) is 12.6 Å². The molecule has 0 saturated heterocycles. The first-order valence-corrected chi connectivity index (χ1v) is 11.2. The summed E-state index contributed by atoms with van der Waals surface area (Å²) in [5.74, 6) is -3.10. The van der Waals surface area contributed by atoms with Crippen LogP contribution in [0.15, 0.2) is 24.3 Å². The molecule has 0 aliphatic carbocycles. The van der Waals surface area contributed by atoms with E-state index in [1.54, 1.807) is 12.1 Å². The quantitative estimate of drug-likeness (QED) is 0.120. The molecule has 0 aliphatic heterocycles. The van der Waals surface area contributed by atoms with Gasteiger partial charge in [0.15, 0.2) is 0 Å². The SMILES string of the molecule is CC(NC(=O)C(CCCCN)NC(=O)C(N)Cc1ccc(O)cc1)C(=O)NC(CS)C(=O)O. The molecule has 4 unspecified atom stereocenters. The standard InChI is InChI=1S/C21H33N5O6S/c1-12(18(28)26-17(11-33)21(31)32)24-20(30)16(4-2-3-9-22)25-19(29)15(23)10-13-5-7-14(27)8-6-13/h5-8,12,15-17,27,33H,2-4,9-11,22-23H2,1H3,(H,24,30)(H,25,29)(H,26,28)(H,31,32). The van der Waals surface area contributed by atoms with Crippen LogP contribution in [0.2, 0.25) is 0 Å². The van der Waals surface area contributed by atoms with Crippen molar-refractivity contribution in [3.63, 3.8) is 0 Å². The molecule has 33 heavy (non-hydrogen) atoms. The van der Waals surface area contributed by atoms with E-state index in [0.29, 0.717) is 19.4 Å². The Hall–Kier alpha value is -2.83. The molecule has 0 aliphatic rings. The van der Waals surface area contributed by atoms with E-state index in [0.717, 1.165) is 5.56 Å². The number of amides is 3. The first-order chi connectivity index (χ1) is 15.6. The topological polar surface area (TPSA) is 197 Å². The maximum Gasteiger partial charge on any atom is 0.327 e. The van der Waals surface area contributed by atoms with Crippen molar-refractivity contribution in [3.8, 4) is 5.75 Å². The molecule has 1 aromatic rings. The van der Waals surface area contributed by atoms with E-state index in [1.807, 2.05) is 0 Å². The van der Waals surface area contributed by atoms with Crippen LogP contribution in [0.25, 0.3) is 0 Å². The summed E-state index contributed by atoms with van der Waals surface area (Å²) in [7, 11) is 0. The van der Waals surface area contributed by atoms with Crippen molar-refractivity contribution in [2.45, 2.75) is 56.8 Å². The number of aromatic hydroxyl groups is 1. The molecule has 0 spiro atoms. The second kappa shape index (κ2) is 14.3. The highest BCUT2D eigenvalue weighted by molar-refractivity contribution is 7.80. The minimum Gasteiger partial charge on any atom is -0.508 e. The summed E-state index contributed by atoms with van der Waals surface area (Å²) < 4.78 is 0. The number of carbonyl (C=O) groups excluding carboxylic acids is 3. The van der Waals surface area contributed by atoms with Crippen LogP contribution in [0.3, 0.4) is 0 Å². The average Bonchev–Trinajstić information content (AvgIpc) is 2.77. The highest BCUT2D eigenvalue weighted by Crippen LogP contribution is 2.11. The maximum atomic E-state index is 12.8. The number of unbranched alkanes of at least 4 members (excludes halogenated alkanes) is 1. The average molecular weight is 484 g/mol. The number of phenols is 1. The Balaban J connectivity index is 2.76. The minimum absolute atomic E-state index is 0.0932. The molecule has 1 aromatic carbocycles. The Labute approximate surface area is 198 Å².